The number of piperidine rings is 1. The lowest BCUT2D eigenvalue weighted by Gasteiger charge is -2.35. The number of carbonyl (C=O) groups is 1. The van der Waals surface area contributed by atoms with Gasteiger partial charge in [-0.3, -0.25) is 4.79 Å². The van der Waals surface area contributed by atoms with Crippen LogP contribution in [0.1, 0.15) is 43.2 Å². The van der Waals surface area contributed by atoms with Crippen molar-refractivity contribution < 1.29 is 17.7 Å². The van der Waals surface area contributed by atoms with Crippen molar-refractivity contribution in [1.82, 2.24) is 24.5 Å². The largest absolute Gasteiger partial charge is 0.352 e. The van der Waals surface area contributed by atoms with Gasteiger partial charge >= 0.3 is 0 Å². The highest BCUT2D eigenvalue weighted by atomic mass is 32.2. The normalized spacial score (nSPS) is 19.0. The summed E-state index contributed by atoms with van der Waals surface area (Å²) in [6.07, 6.45) is 1.63. The van der Waals surface area contributed by atoms with E-state index >= 15 is 0 Å². The highest BCUT2D eigenvalue weighted by Crippen LogP contribution is 2.30. The summed E-state index contributed by atoms with van der Waals surface area (Å²) in [4.78, 5) is 15.1. The van der Waals surface area contributed by atoms with Gasteiger partial charge in [-0.15, -0.1) is 0 Å². The quantitative estimate of drug-likeness (QED) is 0.777. The molecule has 0 aromatic carbocycles. The number of carbonyl (C=O) groups excluding carboxylic acids is 1. The van der Waals surface area contributed by atoms with Gasteiger partial charge in [0.15, 0.2) is 0 Å². The molecule has 0 radical (unpaired) electrons. The fourth-order valence-electron chi connectivity index (χ4n) is 2.11. The minimum absolute atomic E-state index is 0.0412. The topological polar surface area (TPSA) is 117 Å². The van der Waals surface area contributed by atoms with Crippen LogP contribution in [0, 0.1) is 5.41 Å². The maximum atomic E-state index is 12.2. The fourth-order valence-corrected chi connectivity index (χ4v) is 3.26. The van der Waals surface area contributed by atoms with Gasteiger partial charge in [0.2, 0.25) is 5.89 Å². The molecule has 2 N–H and O–H groups in total. The lowest BCUT2D eigenvalue weighted by molar-refractivity contribution is 0.0950. The molecule has 9 nitrogen and oxygen atoms in total. The van der Waals surface area contributed by atoms with Crippen LogP contribution in [-0.4, -0.2) is 48.9 Å². The van der Waals surface area contributed by atoms with Crippen LogP contribution in [0.3, 0.4) is 0 Å². The lowest BCUT2D eigenvalue weighted by atomic mass is 9.83. The third-order valence-corrected chi connectivity index (χ3v) is 5.27. The van der Waals surface area contributed by atoms with Gasteiger partial charge in [0, 0.05) is 20.1 Å². The molecule has 10 heteroatoms. The molecule has 2 heterocycles. The third-order valence-electron chi connectivity index (χ3n) is 3.72. The maximum Gasteiger partial charge on any atom is 0.292 e. The Bertz CT molecular complexity index is 630. The van der Waals surface area contributed by atoms with E-state index in [1.54, 1.807) is 0 Å². The van der Waals surface area contributed by atoms with E-state index in [-0.39, 0.29) is 23.7 Å². The number of nitrogens with one attached hydrogen (secondary N) is 2. The Morgan fingerprint density at radius 2 is 2.00 bits per heavy atom. The molecule has 0 unspecified atom stereocenters. The molecule has 124 valence electrons. The smallest absolute Gasteiger partial charge is 0.292 e. The van der Waals surface area contributed by atoms with E-state index in [1.165, 1.54) is 11.4 Å². The van der Waals surface area contributed by atoms with E-state index < -0.39 is 16.1 Å². The standard InChI is InChI=1S/C12H21N5O4S/c1-12(2)4-6-17(7-5-12)22(19,20)14-8-9-15-10(16-21-9)11(18)13-3/h14H,4-8H2,1-3H3,(H,13,18). The fraction of sp³-hybridized carbons (Fsp3) is 0.750. The summed E-state index contributed by atoms with van der Waals surface area (Å²) < 4.78 is 33.1. The van der Waals surface area contributed by atoms with Crippen molar-refractivity contribution in [2.45, 2.75) is 33.2 Å². The van der Waals surface area contributed by atoms with Crippen LogP contribution in [0.25, 0.3) is 0 Å². The molecule has 1 aromatic heterocycles. The second-order valence-corrected chi connectivity index (χ2v) is 7.74. The molecule has 0 aliphatic carbocycles. The molecule has 1 aliphatic heterocycles. The molecular formula is C12H21N5O4S. The number of aromatic nitrogens is 2. The monoisotopic (exact) mass is 331 g/mol. The third kappa shape index (κ3) is 4.02. The Morgan fingerprint density at radius 3 is 2.59 bits per heavy atom. The van der Waals surface area contributed by atoms with E-state index in [9.17, 15) is 13.2 Å². The molecule has 2 rings (SSSR count). The summed E-state index contributed by atoms with van der Waals surface area (Å²) in [6, 6.07) is 0. The number of nitrogens with zero attached hydrogens (tertiary/aromatic N) is 3. The molecule has 0 bridgehead atoms. The SMILES string of the molecule is CNC(=O)c1noc(CNS(=O)(=O)N2CCC(C)(C)CC2)n1. The van der Waals surface area contributed by atoms with Crippen molar-refractivity contribution in [3.63, 3.8) is 0 Å². The van der Waals surface area contributed by atoms with Crippen molar-refractivity contribution in [2.24, 2.45) is 5.41 Å². The summed E-state index contributed by atoms with van der Waals surface area (Å²) in [6.45, 7) is 5.07. The molecular weight excluding hydrogens is 310 g/mol. The van der Waals surface area contributed by atoms with Crippen LogP contribution in [0.15, 0.2) is 4.52 Å². The van der Waals surface area contributed by atoms with Crippen LogP contribution in [-0.2, 0) is 16.8 Å². The van der Waals surface area contributed by atoms with Gasteiger partial charge in [-0.1, -0.05) is 19.0 Å². The zero-order valence-electron chi connectivity index (χ0n) is 12.9. The van der Waals surface area contributed by atoms with E-state index in [0.29, 0.717) is 13.1 Å². The van der Waals surface area contributed by atoms with Crippen LogP contribution >= 0.6 is 0 Å². The minimum Gasteiger partial charge on any atom is -0.352 e. The van der Waals surface area contributed by atoms with Gasteiger partial charge in [-0.25, -0.2) is 0 Å². The zero-order chi connectivity index (χ0) is 16.4. The van der Waals surface area contributed by atoms with Crippen LogP contribution < -0.4 is 10.0 Å². The second kappa shape index (κ2) is 6.31. The molecule has 0 spiro atoms. The van der Waals surface area contributed by atoms with Crippen molar-refractivity contribution in [2.75, 3.05) is 20.1 Å². The maximum absolute atomic E-state index is 12.2. The predicted molar refractivity (Wildman–Crippen MR) is 78.0 cm³/mol. The van der Waals surface area contributed by atoms with Crippen molar-refractivity contribution in [1.29, 1.82) is 0 Å². The van der Waals surface area contributed by atoms with Gasteiger partial charge in [0.05, 0.1) is 6.54 Å². The Balaban J connectivity index is 1.93. The Hall–Kier alpha value is -1.52. The first-order chi connectivity index (χ1) is 10.2. The van der Waals surface area contributed by atoms with Gasteiger partial charge in [0.25, 0.3) is 21.9 Å². The first-order valence-corrected chi connectivity index (χ1v) is 8.47. The molecule has 0 atom stereocenters. The summed E-state index contributed by atoms with van der Waals surface area (Å²) >= 11 is 0. The second-order valence-electron chi connectivity index (χ2n) is 5.98. The van der Waals surface area contributed by atoms with Crippen LogP contribution in [0.5, 0.6) is 0 Å². The molecule has 1 aliphatic rings. The average molecular weight is 331 g/mol. The summed E-state index contributed by atoms with van der Waals surface area (Å²) in [5, 5.41) is 5.83. The van der Waals surface area contributed by atoms with E-state index in [0.717, 1.165) is 12.8 Å². The molecule has 1 amide bonds. The Morgan fingerprint density at radius 1 is 1.36 bits per heavy atom. The molecule has 1 saturated heterocycles. The number of rotatable bonds is 5. The van der Waals surface area contributed by atoms with E-state index in [1.807, 2.05) is 0 Å². The minimum atomic E-state index is -3.59. The van der Waals surface area contributed by atoms with Crippen molar-refractivity contribution in [3.05, 3.63) is 11.7 Å². The molecule has 1 fully saturated rings. The van der Waals surface area contributed by atoms with Gasteiger partial charge in [-0.05, 0) is 18.3 Å². The Kier molecular flexibility index (Phi) is 4.83. The summed E-state index contributed by atoms with van der Waals surface area (Å²) in [7, 11) is -2.15. The summed E-state index contributed by atoms with van der Waals surface area (Å²) in [5.74, 6) is -0.577. The molecule has 1 aromatic rings. The molecule has 0 saturated carbocycles. The van der Waals surface area contributed by atoms with Crippen molar-refractivity contribution >= 4 is 16.1 Å². The highest BCUT2D eigenvalue weighted by molar-refractivity contribution is 7.87. The molecule has 22 heavy (non-hydrogen) atoms. The predicted octanol–water partition coefficient (Wildman–Crippen LogP) is -0.114. The van der Waals surface area contributed by atoms with Gasteiger partial charge in [-0.2, -0.15) is 22.4 Å². The highest BCUT2D eigenvalue weighted by Gasteiger charge is 2.31. The van der Waals surface area contributed by atoms with Gasteiger partial charge in [0.1, 0.15) is 0 Å². The Labute approximate surface area is 129 Å². The van der Waals surface area contributed by atoms with Crippen LogP contribution in [0.2, 0.25) is 0 Å². The first-order valence-electron chi connectivity index (χ1n) is 7.03. The zero-order valence-corrected chi connectivity index (χ0v) is 13.7. The lowest BCUT2D eigenvalue weighted by Crippen LogP contribution is -2.46. The number of amides is 1. The summed E-state index contributed by atoms with van der Waals surface area (Å²) in [5.41, 5.74) is 0.168. The van der Waals surface area contributed by atoms with Crippen molar-refractivity contribution in [3.8, 4) is 0 Å². The number of hydrogen-bond acceptors (Lipinski definition) is 6. The average Bonchev–Trinajstić information content (AvgIpc) is 2.93. The van der Waals surface area contributed by atoms with Crippen LogP contribution in [0.4, 0.5) is 0 Å². The first kappa shape index (κ1) is 16.8. The number of hydrogen-bond donors (Lipinski definition) is 2. The van der Waals surface area contributed by atoms with E-state index in [4.69, 9.17) is 4.52 Å². The van der Waals surface area contributed by atoms with E-state index in [2.05, 4.69) is 34.0 Å². The van der Waals surface area contributed by atoms with Gasteiger partial charge < -0.3 is 9.84 Å².